The molecule has 0 aliphatic rings. The fraction of sp³-hybridized carbons (Fsp3) is 0.462. The molecule has 0 aromatic heterocycles. The zero-order valence-corrected chi connectivity index (χ0v) is 10.7. The van der Waals surface area contributed by atoms with Crippen LogP contribution in [0.1, 0.15) is 26.3 Å². The van der Waals surface area contributed by atoms with E-state index in [4.69, 9.17) is 9.84 Å². The summed E-state index contributed by atoms with van der Waals surface area (Å²) in [5.74, 6) is -0.0588. The molecule has 4 heteroatoms. The Labute approximate surface area is 102 Å². The molecule has 0 spiro atoms. The van der Waals surface area contributed by atoms with E-state index in [9.17, 15) is 4.79 Å². The smallest absolute Gasteiger partial charge is 0.322 e. The minimum absolute atomic E-state index is 0.0493. The highest BCUT2D eigenvalue weighted by Gasteiger charge is 2.19. The van der Waals surface area contributed by atoms with E-state index >= 15 is 0 Å². The van der Waals surface area contributed by atoms with E-state index in [0.29, 0.717) is 0 Å². The molecule has 0 radical (unpaired) electrons. The van der Waals surface area contributed by atoms with Crippen molar-refractivity contribution in [3.63, 3.8) is 0 Å². The number of rotatable bonds is 4. The number of nitrogens with one attached hydrogen (secondary N) is 1. The first-order valence-electron chi connectivity index (χ1n) is 5.49. The minimum Gasteiger partial charge on any atom is -0.496 e. The van der Waals surface area contributed by atoms with Crippen LogP contribution in [0.25, 0.3) is 0 Å². The molecule has 94 valence electrons. The number of methoxy groups -OCH3 is 1. The van der Waals surface area contributed by atoms with E-state index in [1.54, 1.807) is 7.11 Å². The van der Waals surface area contributed by atoms with Crippen LogP contribution in [-0.2, 0) is 10.2 Å². The van der Waals surface area contributed by atoms with Gasteiger partial charge in [-0.05, 0) is 23.6 Å². The summed E-state index contributed by atoms with van der Waals surface area (Å²) in [6, 6.07) is 5.60. The van der Waals surface area contributed by atoms with Crippen molar-refractivity contribution in [2.75, 3.05) is 19.0 Å². The molecule has 0 aliphatic carbocycles. The van der Waals surface area contributed by atoms with Crippen LogP contribution in [-0.4, -0.2) is 24.7 Å². The zero-order chi connectivity index (χ0) is 13.1. The van der Waals surface area contributed by atoms with E-state index in [-0.39, 0.29) is 12.0 Å². The number of carboxylic acid groups (broad SMARTS) is 1. The monoisotopic (exact) mass is 237 g/mol. The van der Waals surface area contributed by atoms with Gasteiger partial charge < -0.3 is 15.2 Å². The zero-order valence-electron chi connectivity index (χ0n) is 10.7. The molecule has 1 aromatic carbocycles. The summed E-state index contributed by atoms with van der Waals surface area (Å²) in [6.07, 6.45) is 0. The van der Waals surface area contributed by atoms with Crippen LogP contribution in [0.4, 0.5) is 5.69 Å². The van der Waals surface area contributed by atoms with Crippen molar-refractivity contribution in [3.05, 3.63) is 23.8 Å². The van der Waals surface area contributed by atoms with Gasteiger partial charge in [0.05, 0.1) is 7.11 Å². The lowest BCUT2D eigenvalue weighted by Crippen LogP contribution is -2.15. The van der Waals surface area contributed by atoms with Crippen LogP contribution >= 0.6 is 0 Å². The number of aliphatic carboxylic acids is 1. The van der Waals surface area contributed by atoms with Gasteiger partial charge in [-0.15, -0.1) is 0 Å². The second-order valence-electron chi connectivity index (χ2n) is 4.91. The molecule has 0 atom stereocenters. The molecule has 1 rings (SSSR count). The first-order chi connectivity index (χ1) is 7.84. The molecule has 0 amide bonds. The van der Waals surface area contributed by atoms with Gasteiger partial charge in [-0.2, -0.15) is 0 Å². The summed E-state index contributed by atoms with van der Waals surface area (Å²) in [4.78, 5) is 10.5. The number of hydrogen-bond donors (Lipinski definition) is 2. The second-order valence-corrected chi connectivity index (χ2v) is 4.91. The van der Waals surface area contributed by atoms with Crippen LogP contribution < -0.4 is 10.1 Å². The van der Waals surface area contributed by atoms with Crippen LogP contribution in [0.2, 0.25) is 0 Å². The van der Waals surface area contributed by atoms with Crippen molar-refractivity contribution in [2.45, 2.75) is 26.2 Å². The molecular formula is C13H19NO3. The number of ether oxygens (including phenoxy) is 1. The van der Waals surface area contributed by atoms with Crippen molar-refractivity contribution in [1.82, 2.24) is 0 Å². The normalized spacial score (nSPS) is 11.1. The lowest BCUT2D eigenvalue weighted by Gasteiger charge is -2.23. The standard InChI is InChI=1S/C13H19NO3/c1-13(2,3)10-7-9(14-8-12(15)16)5-6-11(10)17-4/h5-7,14H,8H2,1-4H3,(H,15,16). The predicted octanol–water partition coefficient (Wildman–Crippen LogP) is 2.49. The van der Waals surface area contributed by atoms with Gasteiger partial charge in [-0.25, -0.2) is 0 Å². The Balaban J connectivity index is 3.01. The van der Waals surface area contributed by atoms with Crippen LogP contribution in [0, 0.1) is 0 Å². The topological polar surface area (TPSA) is 58.6 Å². The first-order valence-corrected chi connectivity index (χ1v) is 5.49. The molecule has 0 fully saturated rings. The van der Waals surface area contributed by atoms with E-state index in [0.717, 1.165) is 17.0 Å². The molecule has 17 heavy (non-hydrogen) atoms. The summed E-state index contributed by atoms with van der Waals surface area (Å²) >= 11 is 0. The molecule has 0 heterocycles. The fourth-order valence-electron chi connectivity index (χ4n) is 1.58. The Kier molecular flexibility index (Phi) is 3.99. The molecular weight excluding hydrogens is 218 g/mol. The van der Waals surface area contributed by atoms with Crippen molar-refractivity contribution < 1.29 is 14.6 Å². The fourth-order valence-corrected chi connectivity index (χ4v) is 1.58. The van der Waals surface area contributed by atoms with Gasteiger partial charge in [0.1, 0.15) is 12.3 Å². The Bertz CT molecular complexity index is 408. The average molecular weight is 237 g/mol. The number of carbonyl (C=O) groups is 1. The SMILES string of the molecule is COc1ccc(NCC(=O)O)cc1C(C)(C)C. The lowest BCUT2D eigenvalue weighted by atomic mass is 9.86. The van der Waals surface area contributed by atoms with Crippen molar-refractivity contribution in [1.29, 1.82) is 0 Å². The highest BCUT2D eigenvalue weighted by Crippen LogP contribution is 2.33. The van der Waals surface area contributed by atoms with Gasteiger partial charge in [-0.1, -0.05) is 20.8 Å². The quantitative estimate of drug-likeness (QED) is 0.844. The highest BCUT2D eigenvalue weighted by atomic mass is 16.5. The second kappa shape index (κ2) is 5.08. The van der Waals surface area contributed by atoms with Gasteiger partial charge in [0.25, 0.3) is 0 Å². The molecule has 0 saturated carbocycles. The van der Waals surface area contributed by atoms with Gasteiger partial charge in [0.15, 0.2) is 0 Å². The Hall–Kier alpha value is -1.71. The number of hydrogen-bond acceptors (Lipinski definition) is 3. The number of anilines is 1. The first kappa shape index (κ1) is 13.4. The molecule has 4 nitrogen and oxygen atoms in total. The maximum Gasteiger partial charge on any atom is 0.322 e. The minimum atomic E-state index is -0.877. The summed E-state index contributed by atoms with van der Waals surface area (Å²) in [5, 5.41) is 11.5. The third-order valence-electron chi connectivity index (χ3n) is 2.45. The van der Waals surface area contributed by atoms with Gasteiger partial charge in [0, 0.05) is 11.3 Å². The van der Waals surface area contributed by atoms with Gasteiger partial charge >= 0.3 is 5.97 Å². The molecule has 2 N–H and O–H groups in total. The summed E-state index contributed by atoms with van der Waals surface area (Å²) in [7, 11) is 1.63. The van der Waals surface area contributed by atoms with Crippen molar-refractivity contribution >= 4 is 11.7 Å². The summed E-state index contributed by atoms with van der Waals surface area (Å²) in [5.41, 5.74) is 1.79. The number of carboxylic acids is 1. The number of benzene rings is 1. The van der Waals surface area contributed by atoms with E-state index in [1.807, 2.05) is 18.2 Å². The molecule has 0 saturated heterocycles. The van der Waals surface area contributed by atoms with Gasteiger partial charge in [-0.3, -0.25) is 4.79 Å². The van der Waals surface area contributed by atoms with E-state index in [1.165, 1.54) is 0 Å². The third-order valence-corrected chi connectivity index (χ3v) is 2.45. The molecule has 0 unspecified atom stereocenters. The van der Waals surface area contributed by atoms with Crippen LogP contribution in [0.5, 0.6) is 5.75 Å². The predicted molar refractivity (Wildman–Crippen MR) is 67.8 cm³/mol. The Morgan fingerprint density at radius 3 is 2.53 bits per heavy atom. The maximum atomic E-state index is 10.5. The summed E-state index contributed by atoms with van der Waals surface area (Å²) < 4.78 is 5.31. The lowest BCUT2D eigenvalue weighted by molar-refractivity contribution is -0.134. The highest BCUT2D eigenvalue weighted by molar-refractivity contribution is 5.73. The Morgan fingerprint density at radius 2 is 2.06 bits per heavy atom. The van der Waals surface area contributed by atoms with Crippen LogP contribution in [0.15, 0.2) is 18.2 Å². The summed E-state index contributed by atoms with van der Waals surface area (Å²) in [6.45, 7) is 6.18. The maximum absolute atomic E-state index is 10.5. The van der Waals surface area contributed by atoms with E-state index in [2.05, 4.69) is 26.1 Å². The van der Waals surface area contributed by atoms with Gasteiger partial charge in [0.2, 0.25) is 0 Å². The average Bonchev–Trinajstić information content (AvgIpc) is 2.24. The molecule has 0 bridgehead atoms. The third kappa shape index (κ3) is 3.66. The van der Waals surface area contributed by atoms with Crippen molar-refractivity contribution in [2.24, 2.45) is 0 Å². The van der Waals surface area contributed by atoms with E-state index < -0.39 is 5.97 Å². The Morgan fingerprint density at radius 1 is 1.41 bits per heavy atom. The molecule has 0 aliphatic heterocycles. The van der Waals surface area contributed by atoms with Crippen LogP contribution in [0.3, 0.4) is 0 Å². The molecule has 1 aromatic rings. The largest absolute Gasteiger partial charge is 0.496 e. The van der Waals surface area contributed by atoms with Crippen molar-refractivity contribution in [3.8, 4) is 5.75 Å².